The molecule has 0 aromatic carbocycles. The lowest BCUT2D eigenvalue weighted by atomic mass is 10.0. The van der Waals surface area contributed by atoms with Crippen LogP contribution in [0.3, 0.4) is 0 Å². The van der Waals surface area contributed by atoms with Crippen molar-refractivity contribution in [2.45, 2.75) is 89.8 Å². The van der Waals surface area contributed by atoms with Gasteiger partial charge in [-0.25, -0.2) is 0 Å². The zero-order chi connectivity index (χ0) is 21.1. The lowest BCUT2D eigenvalue weighted by Crippen LogP contribution is -2.59. The van der Waals surface area contributed by atoms with Crippen LogP contribution in [0, 0.1) is 0 Å². The van der Waals surface area contributed by atoms with Crippen LogP contribution in [0.5, 0.6) is 0 Å². The molecule has 1 amide bonds. The minimum Gasteiger partial charge on any atom is -0.413 e. The summed E-state index contributed by atoms with van der Waals surface area (Å²) < 4.78 is 19.1. The van der Waals surface area contributed by atoms with Crippen molar-refractivity contribution < 1.29 is 23.5 Å². The van der Waals surface area contributed by atoms with Crippen molar-refractivity contribution in [3.63, 3.8) is 0 Å². The zero-order valence-corrected chi connectivity index (χ0v) is 19.5. The number of hydrogen-bond acceptors (Lipinski definition) is 5. The SMILES string of the molecule is CC[C@@]1(CO[Si](C(C)C)(C(C)C)C(C)C)COC[C@H](N2C=CC(=O)CC2=O)O1. The van der Waals surface area contributed by atoms with Crippen LogP contribution in [0.4, 0.5) is 0 Å². The van der Waals surface area contributed by atoms with Crippen LogP contribution < -0.4 is 0 Å². The van der Waals surface area contributed by atoms with Gasteiger partial charge in [0.15, 0.2) is 20.3 Å². The maximum absolute atomic E-state index is 12.3. The second kappa shape index (κ2) is 9.20. The third-order valence-electron chi connectivity index (χ3n) is 6.29. The van der Waals surface area contributed by atoms with Gasteiger partial charge in [-0.3, -0.25) is 14.5 Å². The molecule has 28 heavy (non-hydrogen) atoms. The highest BCUT2D eigenvalue weighted by atomic mass is 28.4. The van der Waals surface area contributed by atoms with Gasteiger partial charge in [-0.1, -0.05) is 48.5 Å². The summed E-state index contributed by atoms with van der Waals surface area (Å²) in [4.78, 5) is 25.2. The van der Waals surface area contributed by atoms with Crippen LogP contribution in [0.2, 0.25) is 16.6 Å². The van der Waals surface area contributed by atoms with Gasteiger partial charge in [0.25, 0.3) is 0 Å². The van der Waals surface area contributed by atoms with E-state index in [9.17, 15) is 9.59 Å². The van der Waals surface area contributed by atoms with Crippen molar-refractivity contribution in [3.8, 4) is 0 Å². The average molecular weight is 412 g/mol. The highest BCUT2D eigenvalue weighted by Gasteiger charge is 2.48. The number of rotatable bonds is 8. The molecule has 0 aliphatic carbocycles. The number of nitrogens with zero attached hydrogens (tertiary/aromatic N) is 1. The fraction of sp³-hybridized carbons (Fsp3) is 0.810. The normalized spacial score (nSPS) is 26.8. The molecule has 2 atom stereocenters. The second-order valence-electron chi connectivity index (χ2n) is 8.99. The van der Waals surface area contributed by atoms with E-state index in [1.807, 2.05) is 0 Å². The number of amides is 1. The van der Waals surface area contributed by atoms with E-state index in [-0.39, 0.29) is 18.1 Å². The van der Waals surface area contributed by atoms with Gasteiger partial charge in [-0.2, -0.15) is 0 Å². The minimum atomic E-state index is -2.03. The molecule has 0 bridgehead atoms. The smallest absolute Gasteiger partial charge is 0.236 e. The van der Waals surface area contributed by atoms with Gasteiger partial charge in [-0.05, 0) is 29.1 Å². The van der Waals surface area contributed by atoms with Crippen LogP contribution in [0.15, 0.2) is 12.3 Å². The molecule has 160 valence electrons. The fourth-order valence-electron chi connectivity index (χ4n) is 4.76. The summed E-state index contributed by atoms with van der Waals surface area (Å²) in [5, 5.41) is 0. The molecule has 0 N–H and O–H groups in total. The first-order chi connectivity index (χ1) is 13.1. The van der Waals surface area contributed by atoms with Crippen molar-refractivity contribution in [2.24, 2.45) is 0 Å². The summed E-state index contributed by atoms with van der Waals surface area (Å²) in [5.41, 5.74) is 0.869. The molecule has 0 unspecified atom stereocenters. The summed E-state index contributed by atoms with van der Waals surface area (Å²) >= 11 is 0. The molecule has 6 nitrogen and oxygen atoms in total. The summed E-state index contributed by atoms with van der Waals surface area (Å²) in [5.74, 6) is -0.422. The van der Waals surface area contributed by atoms with Crippen LogP contribution in [0.1, 0.15) is 61.3 Å². The lowest BCUT2D eigenvalue weighted by molar-refractivity contribution is -0.243. The Labute approximate surface area is 170 Å². The van der Waals surface area contributed by atoms with Crippen molar-refractivity contribution in [1.82, 2.24) is 4.90 Å². The largest absolute Gasteiger partial charge is 0.413 e. The lowest BCUT2D eigenvalue weighted by Gasteiger charge is -2.48. The number of allylic oxidation sites excluding steroid dienone is 1. The Morgan fingerprint density at radius 3 is 2.29 bits per heavy atom. The molecule has 0 saturated carbocycles. The Hall–Kier alpha value is -1.02. The average Bonchev–Trinajstić information content (AvgIpc) is 2.61. The number of hydrogen-bond donors (Lipinski definition) is 0. The topological polar surface area (TPSA) is 65.1 Å². The van der Waals surface area contributed by atoms with Crippen molar-refractivity contribution in [1.29, 1.82) is 0 Å². The van der Waals surface area contributed by atoms with Gasteiger partial charge in [0.05, 0.1) is 26.2 Å². The highest BCUT2D eigenvalue weighted by molar-refractivity contribution is 6.77. The maximum atomic E-state index is 12.3. The van der Waals surface area contributed by atoms with Gasteiger partial charge in [0.2, 0.25) is 5.91 Å². The van der Waals surface area contributed by atoms with E-state index in [1.54, 1.807) is 0 Å². The van der Waals surface area contributed by atoms with E-state index in [0.717, 1.165) is 6.42 Å². The number of ketones is 1. The molecule has 2 aliphatic rings. The summed E-state index contributed by atoms with van der Waals surface area (Å²) in [7, 11) is -2.03. The number of carbonyl (C=O) groups excluding carboxylic acids is 2. The maximum Gasteiger partial charge on any atom is 0.236 e. The zero-order valence-electron chi connectivity index (χ0n) is 18.5. The monoisotopic (exact) mass is 411 g/mol. The number of ether oxygens (including phenoxy) is 2. The van der Waals surface area contributed by atoms with E-state index >= 15 is 0 Å². The molecule has 0 radical (unpaired) electrons. The molecular weight excluding hydrogens is 374 g/mol. The van der Waals surface area contributed by atoms with Gasteiger partial charge >= 0.3 is 0 Å². The Kier molecular flexibility index (Phi) is 7.64. The molecule has 0 aromatic heterocycles. The molecule has 2 aliphatic heterocycles. The first-order valence-electron chi connectivity index (χ1n) is 10.5. The molecule has 0 spiro atoms. The minimum absolute atomic E-state index is 0.115. The van der Waals surface area contributed by atoms with Crippen molar-refractivity contribution in [2.75, 3.05) is 19.8 Å². The Morgan fingerprint density at radius 1 is 1.18 bits per heavy atom. The Morgan fingerprint density at radius 2 is 1.79 bits per heavy atom. The molecular formula is C21H37NO5Si. The standard InChI is InChI=1S/C21H37NO5Si/c1-8-21(14-26-28(15(2)3,16(4)5)17(6)7)13-25-12-20(27-21)22-10-9-18(23)11-19(22)24/h9-10,15-17,20H,8,11-14H2,1-7H3/t20-,21+/m1/s1. The fourth-order valence-corrected chi connectivity index (χ4v) is 10.3. The quantitative estimate of drug-likeness (QED) is 0.446. The van der Waals surface area contributed by atoms with Crippen LogP contribution >= 0.6 is 0 Å². The van der Waals surface area contributed by atoms with Gasteiger partial charge in [0.1, 0.15) is 5.60 Å². The van der Waals surface area contributed by atoms with Gasteiger partial charge in [-0.15, -0.1) is 0 Å². The Bertz CT molecular complexity index is 582. The van der Waals surface area contributed by atoms with E-state index in [1.165, 1.54) is 17.2 Å². The van der Waals surface area contributed by atoms with Gasteiger partial charge in [0, 0.05) is 6.20 Å². The van der Waals surface area contributed by atoms with E-state index in [2.05, 4.69) is 48.5 Å². The van der Waals surface area contributed by atoms with Crippen molar-refractivity contribution >= 4 is 20.0 Å². The number of carbonyl (C=O) groups is 2. The van der Waals surface area contributed by atoms with E-state index in [4.69, 9.17) is 13.9 Å². The third kappa shape index (κ3) is 4.58. The molecule has 7 heteroatoms. The highest BCUT2D eigenvalue weighted by Crippen LogP contribution is 2.43. The predicted molar refractivity (Wildman–Crippen MR) is 111 cm³/mol. The molecule has 0 aromatic rings. The van der Waals surface area contributed by atoms with Crippen LogP contribution in [-0.4, -0.2) is 56.6 Å². The molecule has 2 heterocycles. The second-order valence-corrected chi connectivity index (χ2v) is 14.5. The van der Waals surface area contributed by atoms with Crippen molar-refractivity contribution in [3.05, 3.63) is 12.3 Å². The van der Waals surface area contributed by atoms with Crippen LogP contribution in [0.25, 0.3) is 0 Å². The summed E-state index contributed by atoms with van der Waals surface area (Å²) in [6, 6.07) is 0. The molecule has 1 saturated heterocycles. The van der Waals surface area contributed by atoms with E-state index < -0.39 is 20.1 Å². The summed E-state index contributed by atoms with van der Waals surface area (Å²) in [6.07, 6.45) is 3.03. The molecule has 1 fully saturated rings. The first-order valence-corrected chi connectivity index (χ1v) is 12.6. The van der Waals surface area contributed by atoms with E-state index in [0.29, 0.717) is 36.4 Å². The van der Waals surface area contributed by atoms with Crippen LogP contribution in [-0.2, 0) is 23.5 Å². The predicted octanol–water partition coefficient (Wildman–Crippen LogP) is 4.02. The Balaban J connectivity index is 2.18. The van der Waals surface area contributed by atoms with Gasteiger partial charge < -0.3 is 13.9 Å². The third-order valence-corrected chi connectivity index (χ3v) is 12.4. The first kappa shape index (κ1) is 23.3. The molecule has 2 rings (SSSR count). The summed E-state index contributed by atoms with van der Waals surface area (Å²) in [6.45, 7) is 16.9.